The second-order valence-electron chi connectivity index (χ2n) is 5.14. The Morgan fingerprint density at radius 2 is 1.95 bits per heavy atom. The molecule has 0 spiro atoms. The van der Waals surface area contributed by atoms with E-state index in [0.29, 0.717) is 18.1 Å². The van der Waals surface area contributed by atoms with Gasteiger partial charge in [0.1, 0.15) is 0 Å². The van der Waals surface area contributed by atoms with E-state index in [9.17, 15) is 9.59 Å². The van der Waals surface area contributed by atoms with Gasteiger partial charge in [0, 0.05) is 25.0 Å². The van der Waals surface area contributed by atoms with Crippen molar-refractivity contribution in [2.24, 2.45) is 11.8 Å². The van der Waals surface area contributed by atoms with Gasteiger partial charge >= 0.3 is 5.97 Å². The van der Waals surface area contributed by atoms with Crippen molar-refractivity contribution in [2.45, 2.75) is 13.3 Å². The number of benzene rings is 1. The van der Waals surface area contributed by atoms with Gasteiger partial charge < -0.3 is 9.64 Å². The van der Waals surface area contributed by atoms with Gasteiger partial charge in [0.25, 0.3) is 0 Å². The van der Waals surface area contributed by atoms with E-state index in [-0.39, 0.29) is 23.7 Å². The summed E-state index contributed by atoms with van der Waals surface area (Å²) in [6.07, 6.45) is 0.737. The third-order valence-corrected chi connectivity index (χ3v) is 4.05. The molecule has 1 aliphatic heterocycles. The van der Waals surface area contributed by atoms with Gasteiger partial charge in [-0.3, -0.25) is 9.59 Å². The van der Waals surface area contributed by atoms with Crippen LogP contribution in [-0.2, 0) is 20.7 Å². The van der Waals surface area contributed by atoms with E-state index in [0.717, 1.165) is 12.0 Å². The number of carbonyl (C=O) groups excluding carboxylic acids is 2. The van der Waals surface area contributed by atoms with E-state index in [1.54, 1.807) is 4.90 Å². The molecule has 2 rings (SSSR count). The Morgan fingerprint density at radius 3 is 2.50 bits per heavy atom. The van der Waals surface area contributed by atoms with Crippen LogP contribution >= 0.6 is 11.6 Å². The Morgan fingerprint density at radius 1 is 1.30 bits per heavy atom. The molecular formula is C15H18ClNO3. The topological polar surface area (TPSA) is 46.6 Å². The summed E-state index contributed by atoms with van der Waals surface area (Å²) in [7, 11) is 1.39. The minimum atomic E-state index is -0.250. The minimum Gasteiger partial charge on any atom is -0.469 e. The van der Waals surface area contributed by atoms with E-state index in [1.165, 1.54) is 14.0 Å². The molecule has 1 heterocycles. The molecule has 2 unspecified atom stereocenters. The molecule has 0 aliphatic carbocycles. The van der Waals surface area contributed by atoms with Crippen molar-refractivity contribution in [3.63, 3.8) is 0 Å². The van der Waals surface area contributed by atoms with E-state index < -0.39 is 0 Å². The molecular weight excluding hydrogens is 278 g/mol. The molecule has 1 aromatic carbocycles. The van der Waals surface area contributed by atoms with E-state index in [2.05, 4.69) is 0 Å². The van der Waals surface area contributed by atoms with Gasteiger partial charge in [-0.25, -0.2) is 0 Å². The number of amides is 1. The van der Waals surface area contributed by atoms with Gasteiger partial charge in [0.05, 0.1) is 13.0 Å². The van der Waals surface area contributed by atoms with E-state index in [4.69, 9.17) is 16.3 Å². The molecule has 0 saturated carbocycles. The van der Waals surface area contributed by atoms with E-state index >= 15 is 0 Å². The summed E-state index contributed by atoms with van der Waals surface area (Å²) in [5, 5.41) is 0.690. The molecule has 0 bridgehead atoms. The van der Waals surface area contributed by atoms with Crippen LogP contribution < -0.4 is 0 Å². The van der Waals surface area contributed by atoms with Gasteiger partial charge in [-0.1, -0.05) is 23.7 Å². The molecule has 108 valence electrons. The van der Waals surface area contributed by atoms with Crippen molar-refractivity contribution in [3.8, 4) is 0 Å². The number of nitrogens with zero attached hydrogens (tertiary/aromatic N) is 1. The van der Waals surface area contributed by atoms with Crippen molar-refractivity contribution >= 4 is 23.5 Å². The number of halogens is 1. The van der Waals surface area contributed by atoms with Crippen LogP contribution in [0.1, 0.15) is 12.5 Å². The highest BCUT2D eigenvalue weighted by molar-refractivity contribution is 6.30. The average Bonchev–Trinajstić information content (AvgIpc) is 2.84. The number of carbonyl (C=O) groups is 2. The van der Waals surface area contributed by atoms with Crippen LogP contribution in [0.5, 0.6) is 0 Å². The largest absolute Gasteiger partial charge is 0.469 e. The second-order valence-corrected chi connectivity index (χ2v) is 5.58. The Hall–Kier alpha value is -1.55. The molecule has 2 atom stereocenters. The number of methoxy groups -OCH3 is 1. The Bertz CT molecular complexity index is 500. The predicted octanol–water partition coefficient (Wildman–Crippen LogP) is 2.15. The van der Waals surface area contributed by atoms with E-state index in [1.807, 2.05) is 24.3 Å². The van der Waals surface area contributed by atoms with Crippen molar-refractivity contribution < 1.29 is 14.3 Å². The molecule has 0 aromatic heterocycles. The van der Waals surface area contributed by atoms with Crippen LogP contribution in [-0.4, -0.2) is 37.0 Å². The lowest BCUT2D eigenvalue weighted by molar-refractivity contribution is -0.146. The zero-order valence-corrected chi connectivity index (χ0v) is 12.4. The highest BCUT2D eigenvalue weighted by Crippen LogP contribution is 2.28. The maximum absolute atomic E-state index is 11.9. The quantitative estimate of drug-likeness (QED) is 0.803. The summed E-state index contributed by atoms with van der Waals surface area (Å²) < 4.78 is 4.85. The van der Waals surface area contributed by atoms with Gasteiger partial charge in [0.15, 0.2) is 0 Å². The fraction of sp³-hybridized carbons (Fsp3) is 0.467. The summed E-state index contributed by atoms with van der Waals surface area (Å²) in [5.74, 6) is -0.405. The fourth-order valence-corrected chi connectivity index (χ4v) is 2.80. The van der Waals surface area contributed by atoms with Crippen LogP contribution in [0.2, 0.25) is 5.02 Å². The second kappa shape index (κ2) is 6.27. The summed E-state index contributed by atoms with van der Waals surface area (Å²) in [5.41, 5.74) is 1.11. The standard InChI is InChI=1S/C15H18ClNO3/c1-10(18)17-8-12(14(9-17)15(19)20-2)7-11-3-5-13(16)6-4-11/h3-6,12,14H,7-9H2,1-2H3. The molecule has 0 N–H and O–H groups in total. The van der Waals surface area contributed by atoms with Crippen molar-refractivity contribution in [1.82, 2.24) is 4.90 Å². The highest BCUT2D eigenvalue weighted by atomic mass is 35.5. The van der Waals surface area contributed by atoms with Crippen LogP contribution in [0, 0.1) is 11.8 Å². The van der Waals surface area contributed by atoms with Crippen LogP contribution in [0.4, 0.5) is 0 Å². The maximum Gasteiger partial charge on any atom is 0.310 e. The lowest BCUT2D eigenvalue weighted by Crippen LogP contribution is -2.27. The van der Waals surface area contributed by atoms with Crippen LogP contribution in [0.3, 0.4) is 0 Å². The first-order valence-corrected chi connectivity index (χ1v) is 6.97. The Labute approximate surface area is 123 Å². The maximum atomic E-state index is 11.9. The molecule has 1 aromatic rings. The molecule has 1 aliphatic rings. The zero-order valence-electron chi connectivity index (χ0n) is 11.6. The van der Waals surface area contributed by atoms with Gasteiger partial charge in [-0.15, -0.1) is 0 Å². The first-order chi connectivity index (χ1) is 9.51. The summed E-state index contributed by atoms with van der Waals surface area (Å²) in [4.78, 5) is 25.1. The highest BCUT2D eigenvalue weighted by Gasteiger charge is 2.39. The number of ether oxygens (including phenoxy) is 1. The zero-order chi connectivity index (χ0) is 14.7. The smallest absolute Gasteiger partial charge is 0.310 e. The molecule has 4 nitrogen and oxygen atoms in total. The Balaban J connectivity index is 2.12. The fourth-order valence-electron chi connectivity index (χ4n) is 2.68. The Kier molecular flexibility index (Phi) is 4.65. The summed E-state index contributed by atoms with van der Waals surface area (Å²) in [6, 6.07) is 7.57. The van der Waals surface area contributed by atoms with Crippen LogP contribution in [0.15, 0.2) is 24.3 Å². The van der Waals surface area contributed by atoms with Gasteiger partial charge in [0.2, 0.25) is 5.91 Å². The number of hydrogen-bond donors (Lipinski definition) is 0. The molecule has 20 heavy (non-hydrogen) atoms. The number of likely N-dealkylation sites (tertiary alicyclic amines) is 1. The monoisotopic (exact) mass is 295 g/mol. The molecule has 0 radical (unpaired) electrons. The lowest BCUT2D eigenvalue weighted by atomic mass is 9.90. The first-order valence-electron chi connectivity index (χ1n) is 6.59. The van der Waals surface area contributed by atoms with Gasteiger partial charge in [-0.05, 0) is 30.0 Å². The van der Waals surface area contributed by atoms with Crippen LogP contribution in [0.25, 0.3) is 0 Å². The number of esters is 1. The lowest BCUT2D eigenvalue weighted by Gasteiger charge is -2.15. The van der Waals surface area contributed by atoms with Crippen molar-refractivity contribution in [2.75, 3.05) is 20.2 Å². The van der Waals surface area contributed by atoms with Gasteiger partial charge in [-0.2, -0.15) is 0 Å². The summed E-state index contributed by atoms with van der Waals surface area (Å²) >= 11 is 5.87. The normalized spacial score (nSPS) is 21.9. The number of hydrogen-bond acceptors (Lipinski definition) is 3. The van der Waals surface area contributed by atoms with Crippen molar-refractivity contribution in [3.05, 3.63) is 34.9 Å². The molecule has 1 amide bonds. The third kappa shape index (κ3) is 3.31. The predicted molar refractivity (Wildman–Crippen MR) is 76.4 cm³/mol. The first kappa shape index (κ1) is 14.9. The molecule has 1 fully saturated rings. The number of rotatable bonds is 3. The minimum absolute atomic E-state index is 0.00231. The summed E-state index contributed by atoms with van der Waals surface area (Å²) in [6.45, 7) is 2.57. The average molecular weight is 296 g/mol. The third-order valence-electron chi connectivity index (χ3n) is 3.80. The molecule has 5 heteroatoms. The molecule has 1 saturated heterocycles. The SMILES string of the molecule is COC(=O)C1CN(C(C)=O)CC1Cc1ccc(Cl)cc1. The van der Waals surface area contributed by atoms with Crippen molar-refractivity contribution in [1.29, 1.82) is 0 Å².